The summed E-state index contributed by atoms with van der Waals surface area (Å²) in [7, 11) is 0. The maximum atomic E-state index is 12.8. The van der Waals surface area contributed by atoms with Crippen molar-refractivity contribution in [2.75, 3.05) is 26.2 Å². The number of piperazine rings is 1. The highest BCUT2D eigenvalue weighted by Crippen LogP contribution is 2.48. The Labute approximate surface area is 148 Å². The fourth-order valence-electron chi connectivity index (χ4n) is 3.85. The zero-order valence-corrected chi connectivity index (χ0v) is 14.9. The fourth-order valence-corrected chi connectivity index (χ4v) is 3.85. The molecule has 0 radical (unpaired) electrons. The minimum absolute atomic E-state index is 0.191. The van der Waals surface area contributed by atoms with Crippen LogP contribution in [0, 0.1) is 19.8 Å². The fraction of sp³-hybridized carbons (Fsp3) is 0.500. The lowest BCUT2D eigenvalue weighted by Gasteiger charge is -2.35. The average Bonchev–Trinajstić information content (AvgIpc) is 3.39. The topological polar surface area (TPSA) is 49.6 Å². The van der Waals surface area contributed by atoms with Crippen LogP contribution in [0.5, 0.6) is 0 Å². The number of aromatic nitrogens is 1. The van der Waals surface area contributed by atoms with E-state index in [9.17, 15) is 4.79 Å². The summed E-state index contributed by atoms with van der Waals surface area (Å²) in [5, 5.41) is 4.03. The van der Waals surface area contributed by atoms with Gasteiger partial charge in [-0.3, -0.25) is 9.69 Å². The molecule has 0 unspecified atom stereocenters. The van der Waals surface area contributed by atoms with Crippen molar-refractivity contribution in [1.82, 2.24) is 15.0 Å². The first kappa shape index (κ1) is 16.3. The minimum atomic E-state index is 0.191. The molecule has 4 rings (SSSR count). The number of aryl methyl sites for hydroxylation is 2. The third-order valence-corrected chi connectivity index (χ3v) is 5.58. The molecule has 0 spiro atoms. The molecule has 2 aromatic rings. The second kappa shape index (κ2) is 6.64. The van der Waals surface area contributed by atoms with Crippen molar-refractivity contribution in [3.05, 3.63) is 52.9 Å². The molecule has 1 amide bonds. The maximum Gasteiger partial charge on any atom is 0.226 e. The van der Waals surface area contributed by atoms with Gasteiger partial charge in [-0.05, 0) is 31.7 Å². The predicted octanol–water partition coefficient (Wildman–Crippen LogP) is 2.74. The monoisotopic (exact) mass is 339 g/mol. The van der Waals surface area contributed by atoms with Gasteiger partial charge in [-0.2, -0.15) is 0 Å². The van der Waals surface area contributed by atoms with Gasteiger partial charge >= 0.3 is 0 Å². The second-order valence-electron chi connectivity index (χ2n) is 7.26. The van der Waals surface area contributed by atoms with Gasteiger partial charge in [0, 0.05) is 44.2 Å². The van der Waals surface area contributed by atoms with Crippen LogP contribution in [0.2, 0.25) is 0 Å². The average molecular weight is 339 g/mol. The Bertz CT molecular complexity index is 728. The molecule has 1 aromatic carbocycles. The number of hydrogen-bond acceptors (Lipinski definition) is 4. The second-order valence-corrected chi connectivity index (χ2v) is 7.26. The van der Waals surface area contributed by atoms with E-state index in [0.717, 1.165) is 50.6 Å². The first-order valence-electron chi connectivity index (χ1n) is 9.11. The van der Waals surface area contributed by atoms with Gasteiger partial charge in [-0.15, -0.1) is 0 Å². The van der Waals surface area contributed by atoms with Crippen LogP contribution in [0.15, 0.2) is 34.9 Å². The Hall–Kier alpha value is -2.14. The molecule has 0 N–H and O–H groups in total. The molecule has 1 aromatic heterocycles. The molecule has 1 aliphatic heterocycles. The third-order valence-electron chi connectivity index (χ3n) is 5.58. The number of amides is 1. The Balaban J connectivity index is 1.30. The summed E-state index contributed by atoms with van der Waals surface area (Å²) in [5.74, 6) is 1.86. The van der Waals surface area contributed by atoms with Crippen molar-refractivity contribution < 1.29 is 9.32 Å². The molecule has 5 heteroatoms. The lowest BCUT2D eigenvalue weighted by Crippen LogP contribution is -2.48. The molecule has 0 bridgehead atoms. The van der Waals surface area contributed by atoms with Crippen LogP contribution in [0.3, 0.4) is 0 Å². The van der Waals surface area contributed by atoms with Crippen molar-refractivity contribution in [2.24, 2.45) is 5.92 Å². The van der Waals surface area contributed by atoms with E-state index < -0.39 is 0 Å². The van der Waals surface area contributed by atoms with Gasteiger partial charge in [0.1, 0.15) is 5.76 Å². The van der Waals surface area contributed by atoms with Crippen molar-refractivity contribution in [3.8, 4) is 0 Å². The smallest absolute Gasteiger partial charge is 0.226 e. The number of hydrogen-bond donors (Lipinski definition) is 0. The molecule has 1 aliphatic carbocycles. The van der Waals surface area contributed by atoms with Gasteiger partial charge in [-0.1, -0.05) is 35.5 Å². The number of carbonyl (C=O) groups excluding carboxylic acids is 1. The summed E-state index contributed by atoms with van der Waals surface area (Å²) in [6.07, 6.45) is 1.00. The Morgan fingerprint density at radius 1 is 1.16 bits per heavy atom. The summed E-state index contributed by atoms with van der Waals surface area (Å²) >= 11 is 0. The first-order chi connectivity index (χ1) is 12.1. The van der Waals surface area contributed by atoms with Gasteiger partial charge in [0.2, 0.25) is 5.91 Å². The standard InChI is InChI=1S/C20H25N3O2/c1-14-19(15(2)25-21-14)13-22-8-10-23(11-9-22)20(24)18-12-17(18)16-6-4-3-5-7-16/h3-7,17-18H,8-13H2,1-2H3/t17-,18-/m0/s1. The number of rotatable bonds is 4. The van der Waals surface area contributed by atoms with E-state index in [2.05, 4.69) is 39.2 Å². The van der Waals surface area contributed by atoms with Crippen molar-refractivity contribution >= 4 is 5.91 Å². The molecule has 25 heavy (non-hydrogen) atoms. The molecular weight excluding hydrogens is 314 g/mol. The number of nitrogens with zero attached hydrogens (tertiary/aromatic N) is 3. The maximum absolute atomic E-state index is 12.8. The highest BCUT2D eigenvalue weighted by molar-refractivity contribution is 5.83. The normalized spacial score (nSPS) is 23.7. The molecule has 132 valence electrons. The predicted molar refractivity (Wildman–Crippen MR) is 95.1 cm³/mol. The van der Waals surface area contributed by atoms with Gasteiger partial charge in [0.25, 0.3) is 0 Å². The zero-order valence-electron chi connectivity index (χ0n) is 14.9. The molecule has 1 saturated carbocycles. The van der Waals surface area contributed by atoms with E-state index in [-0.39, 0.29) is 5.92 Å². The molecule has 2 aliphatic rings. The quantitative estimate of drug-likeness (QED) is 0.859. The van der Waals surface area contributed by atoms with Crippen LogP contribution in [0.1, 0.15) is 34.9 Å². The van der Waals surface area contributed by atoms with E-state index in [1.54, 1.807) is 0 Å². The molecule has 5 nitrogen and oxygen atoms in total. The highest BCUT2D eigenvalue weighted by Gasteiger charge is 2.45. The Morgan fingerprint density at radius 2 is 1.88 bits per heavy atom. The van der Waals surface area contributed by atoms with Crippen LogP contribution < -0.4 is 0 Å². The van der Waals surface area contributed by atoms with Gasteiger partial charge in [-0.25, -0.2) is 0 Å². The summed E-state index contributed by atoms with van der Waals surface area (Å²) in [5.41, 5.74) is 3.46. The summed E-state index contributed by atoms with van der Waals surface area (Å²) in [6.45, 7) is 8.28. The number of carbonyl (C=O) groups is 1. The molecule has 1 saturated heterocycles. The third kappa shape index (κ3) is 3.33. The van der Waals surface area contributed by atoms with Crippen LogP contribution in [-0.4, -0.2) is 47.0 Å². The first-order valence-corrected chi connectivity index (χ1v) is 9.11. The number of benzene rings is 1. The van der Waals surface area contributed by atoms with E-state index in [1.807, 2.05) is 19.9 Å². The minimum Gasteiger partial charge on any atom is -0.361 e. The van der Waals surface area contributed by atoms with E-state index in [0.29, 0.717) is 11.8 Å². The molecule has 2 atom stereocenters. The van der Waals surface area contributed by atoms with Crippen LogP contribution in [-0.2, 0) is 11.3 Å². The Kier molecular flexibility index (Phi) is 4.34. The van der Waals surface area contributed by atoms with Crippen molar-refractivity contribution in [3.63, 3.8) is 0 Å². The van der Waals surface area contributed by atoms with Crippen molar-refractivity contribution in [2.45, 2.75) is 32.7 Å². The molecule has 2 heterocycles. The van der Waals surface area contributed by atoms with E-state index >= 15 is 0 Å². The van der Waals surface area contributed by atoms with Gasteiger partial charge in [0.15, 0.2) is 0 Å². The van der Waals surface area contributed by atoms with E-state index in [1.165, 1.54) is 11.1 Å². The largest absolute Gasteiger partial charge is 0.361 e. The molecular formula is C20H25N3O2. The van der Waals surface area contributed by atoms with E-state index in [4.69, 9.17) is 4.52 Å². The summed E-state index contributed by atoms with van der Waals surface area (Å²) in [4.78, 5) is 17.2. The highest BCUT2D eigenvalue weighted by atomic mass is 16.5. The Morgan fingerprint density at radius 3 is 2.52 bits per heavy atom. The zero-order chi connectivity index (χ0) is 17.4. The van der Waals surface area contributed by atoms with Crippen molar-refractivity contribution in [1.29, 1.82) is 0 Å². The van der Waals surface area contributed by atoms with Crippen LogP contribution >= 0.6 is 0 Å². The van der Waals surface area contributed by atoms with Gasteiger partial charge < -0.3 is 9.42 Å². The lowest BCUT2D eigenvalue weighted by atomic mass is 10.1. The van der Waals surface area contributed by atoms with Crippen LogP contribution in [0.25, 0.3) is 0 Å². The summed E-state index contributed by atoms with van der Waals surface area (Å²) < 4.78 is 5.25. The van der Waals surface area contributed by atoms with Gasteiger partial charge in [0.05, 0.1) is 5.69 Å². The van der Waals surface area contributed by atoms with Crippen LogP contribution in [0.4, 0.5) is 0 Å². The lowest BCUT2D eigenvalue weighted by molar-refractivity contribution is -0.134. The summed E-state index contributed by atoms with van der Waals surface area (Å²) in [6, 6.07) is 10.4. The molecule has 2 fully saturated rings. The SMILES string of the molecule is Cc1noc(C)c1CN1CCN(C(=O)[C@H]2C[C@H]2c2ccccc2)CC1.